The molecule has 112 valence electrons. The highest BCUT2D eigenvalue weighted by molar-refractivity contribution is 5.46. The Bertz CT molecular complexity index is 464. The van der Waals surface area contributed by atoms with E-state index in [4.69, 9.17) is 5.73 Å². The van der Waals surface area contributed by atoms with E-state index >= 15 is 0 Å². The van der Waals surface area contributed by atoms with E-state index in [9.17, 15) is 0 Å². The maximum Gasteiger partial charge on any atom is 0.138 e. The first-order chi connectivity index (χ1) is 9.25. The van der Waals surface area contributed by atoms with Crippen LogP contribution in [0.25, 0.3) is 0 Å². The molecule has 0 aromatic carbocycles. The van der Waals surface area contributed by atoms with Crippen molar-refractivity contribution in [1.82, 2.24) is 9.97 Å². The van der Waals surface area contributed by atoms with Crippen molar-refractivity contribution in [2.24, 2.45) is 11.8 Å². The van der Waals surface area contributed by atoms with Gasteiger partial charge in [-0.2, -0.15) is 0 Å². The molecule has 3 atom stereocenters. The van der Waals surface area contributed by atoms with E-state index in [0.717, 1.165) is 23.5 Å². The van der Waals surface area contributed by atoms with E-state index in [1.165, 1.54) is 19.3 Å². The van der Waals surface area contributed by atoms with Gasteiger partial charge in [0.25, 0.3) is 0 Å². The Kier molecular flexibility index (Phi) is 4.21. The quantitative estimate of drug-likeness (QED) is 0.866. The molecule has 4 heteroatoms. The Labute approximate surface area is 122 Å². The largest absolute Gasteiger partial charge is 0.384 e. The number of rotatable bonds is 2. The third-order valence-corrected chi connectivity index (χ3v) is 4.37. The van der Waals surface area contributed by atoms with Crippen LogP contribution in [0.1, 0.15) is 59.7 Å². The lowest BCUT2D eigenvalue weighted by Gasteiger charge is -2.33. The summed E-state index contributed by atoms with van der Waals surface area (Å²) in [6, 6.07) is 2.35. The minimum absolute atomic E-state index is 0.0832. The molecule has 2 rings (SSSR count). The number of aromatic nitrogens is 2. The first-order valence-corrected chi connectivity index (χ1v) is 7.67. The van der Waals surface area contributed by atoms with Gasteiger partial charge in [0.05, 0.1) is 0 Å². The summed E-state index contributed by atoms with van der Waals surface area (Å²) in [6.07, 6.45) is 3.70. The molecular formula is C16H28N4. The number of hydrogen-bond acceptors (Lipinski definition) is 4. The molecule has 20 heavy (non-hydrogen) atoms. The predicted octanol–water partition coefficient (Wildman–Crippen LogP) is 3.59. The molecule has 1 aliphatic carbocycles. The molecule has 4 nitrogen and oxygen atoms in total. The zero-order valence-electron chi connectivity index (χ0n) is 13.4. The van der Waals surface area contributed by atoms with Crippen molar-refractivity contribution in [3.8, 4) is 0 Å². The van der Waals surface area contributed by atoms with Gasteiger partial charge in [-0.1, -0.05) is 34.6 Å². The van der Waals surface area contributed by atoms with Crippen LogP contribution in [0, 0.1) is 11.8 Å². The maximum atomic E-state index is 5.92. The highest BCUT2D eigenvalue weighted by Crippen LogP contribution is 2.31. The summed E-state index contributed by atoms with van der Waals surface area (Å²) in [5, 5.41) is 3.55. The Morgan fingerprint density at radius 1 is 1.15 bits per heavy atom. The van der Waals surface area contributed by atoms with E-state index < -0.39 is 0 Å². The van der Waals surface area contributed by atoms with E-state index in [1.54, 1.807) is 0 Å². The maximum absolute atomic E-state index is 5.92. The lowest BCUT2D eigenvalue weighted by Crippen LogP contribution is -2.31. The van der Waals surface area contributed by atoms with Gasteiger partial charge in [0.15, 0.2) is 0 Å². The van der Waals surface area contributed by atoms with Gasteiger partial charge in [0.2, 0.25) is 0 Å². The molecule has 0 aliphatic heterocycles. The van der Waals surface area contributed by atoms with Crippen LogP contribution < -0.4 is 11.1 Å². The van der Waals surface area contributed by atoms with Crippen LogP contribution in [0.3, 0.4) is 0 Å². The van der Waals surface area contributed by atoms with E-state index in [0.29, 0.717) is 11.9 Å². The Hall–Kier alpha value is -1.32. The summed E-state index contributed by atoms with van der Waals surface area (Å²) in [7, 11) is 0. The molecule has 3 unspecified atom stereocenters. The second-order valence-electron chi connectivity index (χ2n) is 7.36. The number of nitrogens with one attached hydrogen (secondary N) is 1. The zero-order chi connectivity index (χ0) is 14.9. The van der Waals surface area contributed by atoms with Gasteiger partial charge in [-0.05, 0) is 31.1 Å². The summed E-state index contributed by atoms with van der Waals surface area (Å²) in [6.45, 7) is 11.0. The molecule has 0 amide bonds. The molecule has 0 bridgehead atoms. The molecule has 0 spiro atoms. The van der Waals surface area contributed by atoms with Crippen LogP contribution in [0.4, 0.5) is 11.6 Å². The predicted molar refractivity (Wildman–Crippen MR) is 84.7 cm³/mol. The highest BCUT2D eigenvalue weighted by atomic mass is 15.1. The third-order valence-electron chi connectivity index (χ3n) is 4.37. The van der Waals surface area contributed by atoms with Crippen LogP contribution in [0.15, 0.2) is 6.07 Å². The van der Waals surface area contributed by atoms with Gasteiger partial charge < -0.3 is 11.1 Å². The molecule has 3 N–H and O–H groups in total. The molecule has 0 radical (unpaired) electrons. The average Bonchev–Trinajstić information content (AvgIpc) is 2.32. The van der Waals surface area contributed by atoms with Gasteiger partial charge >= 0.3 is 0 Å². The van der Waals surface area contributed by atoms with Gasteiger partial charge in [-0.3, -0.25) is 0 Å². The first kappa shape index (κ1) is 15.1. The molecule has 1 heterocycles. The molecule has 1 saturated carbocycles. The molecule has 1 fully saturated rings. The smallest absolute Gasteiger partial charge is 0.138 e. The lowest BCUT2D eigenvalue weighted by molar-refractivity contribution is 0.260. The van der Waals surface area contributed by atoms with Crippen molar-refractivity contribution < 1.29 is 0 Å². The number of nitrogens with zero attached hydrogens (tertiary/aromatic N) is 2. The molecule has 1 aromatic rings. The molecule has 1 aliphatic rings. The number of nitrogen functional groups attached to an aromatic ring is 1. The van der Waals surface area contributed by atoms with Gasteiger partial charge in [-0.25, -0.2) is 9.97 Å². The summed E-state index contributed by atoms with van der Waals surface area (Å²) < 4.78 is 0. The van der Waals surface area contributed by atoms with Crippen LogP contribution in [-0.2, 0) is 5.41 Å². The van der Waals surface area contributed by atoms with Crippen LogP contribution in [0.5, 0.6) is 0 Å². The van der Waals surface area contributed by atoms with Crippen LogP contribution in [0.2, 0.25) is 0 Å². The Balaban J connectivity index is 2.12. The minimum Gasteiger partial charge on any atom is -0.384 e. The highest BCUT2D eigenvalue weighted by Gasteiger charge is 2.25. The Morgan fingerprint density at radius 2 is 1.85 bits per heavy atom. The lowest BCUT2D eigenvalue weighted by atomic mass is 9.79. The standard InChI is InChI=1S/C16H28N4/c1-10-6-7-12(8-11(10)2)18-14-9-13(17)19-15(20-14)16(3,4)5/h9-12H,6-8H2,1-5H3,(H3,17,18,19,20). The van der Waals surface area contributed by atoms with E-state index in [-0.39, 0.29) is 5.41 Å². The third kappa shape index (κ3) is 3.62. The normalized spacial score (nSPS) is 27.4. The van der Waals surface area contributed by atoms with Crippen molar-refractivity contribution in [3.63, 3.8) is 0 Å². The monoisotopic (exact) mass is 276 g/mol. The van der Waals surface area contributed by atoms with Crippen molar-refractivity contribution in [3.05, 3.63) is 11.9 Å². The zero-order valence-corrected chi connectivity index (χ0v) is 13.4. The SMILES string of the molecule is CC1CCC(Nc2cc(N)nc(C(C)(C)C)n2)CC1C. The average molecular weight is 276 g/mol. The second-order valence-corrected chi connectivity index (χ2v) is 7.36. The number of nitrogens with two attached hydrogens (primary N) is 1. The van der Waals surface area contributed by atoms with Gasteiger partial charge in [0, 0.05) is 17.5 Å². The van der Waals surface area contributed by atoms with Crippen molar-refractivity contribution in [1.29, 1.82) is 0 Å². The summed E-state index contributed by atoms with van der Waals surface area (Å²) >= 11 is 0. The molecular weight excluding hydrogens is 248 g/mol. The van der Waals surface area contributed by atoms with E-state index in [2.05, 4.69) is 49.9 Å². The van der Waals surface area contributed by atoms with Crippen LogP contribution >= 0.6 is 0 Å². The number of anilines is 2. The fourth-order valence-corrected chi connectivity index (χ4v) is 2.76. The fourth-order valence-electron chi connectivity index (χ4n) is 2.76. The fraction of sp³-hybridized carbons (Fsp3) is 0.750. The minimum atomic E-state index is -0.0832. The number of hydrogen-bond donors (Lipinski definition) is 2. The van der Waals surface area contributed by atoms with Crippen LogP contribution in [-0.4, -0.2) is 16.0 Å². The Morgan fingerprint density at radius 3 is 2.45 bits per heavy atom. The van der Waals surface area contributed by atoms with Gasteiger partial charge in [0.1, 0.15) is 17.5 Å². The van der Waals surface area contributed by atoms with E-state index in [1.807, 2.05) is 6.07 Å². The first-order valence-electron chi connectivity index (χ1n) is 7.67. The summed E-state index contributed by atoms with van der Waals surface area (Å²) in [4.78, 5) is 8.99. The van der Waals surface area contributed by atoms with Crippen molar-refractivity contribution in [2.45, 2.75) is 65.3 Å². The topological polar surface area (TPSA) is 63.8 Å². The second kappa shape index (κ2) is 5.58. The summed E-state index contributed by atoms with van der Waals surface area (Å²) in [5.74, 6) is 3.81. The molecule has 0 saturated heterocycles. The van der Waals surface area contributed by atoms with Crippen molar-refractivity contribution >= 4 is 11.6 Å². The van der Waals surface area contributed by atoms with Gasteiger partial charge in [-0.15, -0.1) is 0 Å². The van der Waals surface area contributed by atoms with Crippen molar-refractivity contribution in [2.75, 3.05) is 11.1 Å². The summed E-state index contributed by atoms with van der Waals surface area (Å²) in [5.41, 5.74) is 5.84. The molecule has 1 aromatic heterocycles.